The van der Waals surface area contributed by atoms with Crippen molar-refractivity contribution < 1.29 is 9.72 Å². The van der Waals surface area contributed by atoms with Crippen LogP contribution in [-0.4, -0.2) is 23.9 Å². The van der Waals surface area contributed by atoms with Crippen molar-refractivity contribution in [2.75, 3.05) is 13.1 Å². The number of amides is 1. The van der Waals surface area contributed by atoms with Crippen LogP contribution < -0.4 is 10.6 Å². The third-order valence-electron chi connectivity index (χ3n) is 2.15. The Bertz CT molecular complexity index is 389. The normalized spacial score (nSPS) is 9.94. The zero-order valence-electron chi connectivity index (χ0n) is 9.60. The van der Waals surface area contributed by atoms with E-state index < -0.39 is 4.92 Å². The fourth-order valence-corrected chi connectivity index (χ4v) is 1.30. The second kappa shape index (κ2) is 6.59. The minimum absolute atomic E-state index is 0.0536. The minimum atomic E-state index is -0.423. The van der Waals surface area contributed by atoms with E-state index in [9.17, 15) is 14.9 Å². The molecule has 0 aliphatic carbocycles. The van der Waals surface area contributed by atoms with Gasteiger partial charge in [-0.2, -0.15) is 0 Å². The van der Waals surface area contributed by atoms with E-state index in [0.717, 1.165) is 5.56 Å². The van der Waals surface area contributed by atoms with Gasteiger partial charge in [0.15, 0.2) is 0 Å². The second-order valence-corrected chi connectivity index (χ2v) is 3.58. The van der Waals surface area contributed by atoms with E-state index in [1.165, 1.54) is 19.1 Å². The predicted octanol–water partition coefficient (Wildman–Crippen LogP) is 0.820. The summed E-state index contributed by atoms with van der Waals surface area (Å²) < 4.78 is 0. The minimum Gasteiger partial charge on any atom is -0.355 e. The van der Waals surface area contributed by atoms with E-state index in [4.69, 9.17) is 0 Å². The van der Waals surface area contributed by atoms with Crippen molar-refractivity contribution in [1.82, 2.24) is 10.6 Å². The molecule has 0 saturated carbocycles. The smallest absolute Gasteiger partial charge is 0.269 e. The molecule has 0 atom stereocenters. The lowest BCUT2D eigenvalue weighted by atomic mass is 10.2. The van der Waals surface area contributed by atoms with Crippen LogP contribution in [0, 0.1) is 10.1 Å². The summed E-state index contributed by atoms with van der Waals surface area (Å²) in [4.78, 5) is 20.6. The van der Waals surface area contributed by atoms with Crippen LogP contribution in [0.15, 0.2) is 24.3 Å². The van der Waals surface area contributed by atoms with Crippen molar-refractivity contribution in [3.63, 3.8) is 0 Å². The van der Waals surface area contributed by atoms with E-state index >= 15 is 0 Å². The highest BCUT2D eigenvalue weighted by Crippen LogP contribution is 2.11. The lowest BCUT2D eigenvalue weighted by Gasteiger charge is -2.05. The molecule has 0 unspecified atom stereocenters. The van der Waals surface area contributed by atoms with Crippen LogP contribution in [-0.2, 0) is 11.3 Å². The Morgan fingerprint density at radius 2 is 1.94 bits per heavy atom. The molecule has 0 fully saturated rings. The number of benzene rings is 1. The highest BCUT2D eigenvalue weighted by atomic mass is 16.6. The van der Waals surface area contributed by atoms with Crippen LogP contribution in [0.1, 0.15) is 12.5 Å². The van der Waals surface area contributed by atoms with Crippen LogP contribution in [0.2, 0.25) is 0 Å². The SMILES string of the molecule is CC(=O)NCCNCc1ccc([N+](=O)[O-])cc1. The van der Waals surface area contributed by atoms with Gasteiger partial charge in [0.25, 0.3) is 5.69 Å². The van der Waals surface area contributed by atoms with Crippen molar-refractivity contribution in [3.8, 4) is 0 Å². The number of nitrogens with zero attached hydrogens (tertiary/aromatic N) is 1. The first kappa shape index (κ1) is 13.1. The van der Waals surface area contributed by atoms with Gasteiger partial charge in [0, 0.05) is 38.7 Å². The van der Waals surface area contributed by atoms with Crippen LogP contribution in [0.3, 0.4) is 0 Å². The van der Waals surface area contributed by atoms with E-state index in [1.54, 1.807) is 12.1 Å². The summed E-state index contributed by atoms with van der Waals surface area (Å²) in [6.45, 7) is 3.33. The van der Waals surface area contributed by atoms with Crippen molar-refractivity contribution in [3.05, 3.63) is 39.9 Å². The van der Waals surface area contributed by atoms with Crippen molar-refractivity contribution in [1.29, 1.82) is 0 Å². The molecule has 0 radical (unpaired) electrons. The monoisotopic (exact) mass is 237 g/mol. The van der Waals surface area contributed by atoms with Gasteiger partial charge >= 0.3 is 0 Å². The number of rotatable bonds is 6. The first-order valence-electron chi connectivity index (χ1n) is 5.28. The number of hydrogen-bond donors (Lipinski definition) is 2. The predicted molar refractivity (Wildman–Crippen MR) is 63.5 cm³/mol. The third kappa shape index (κ3) is 5.07. The molecular formula is C11H15N3O3. The summed E-state index contributed by atoms with van der Waals surface area (Å²) >= 11 is 0. The summed E-state index contributed by atoms with van der Waals surface area (Å²) in [5.74, 6) is -0.0536. The molecule has 0 aliphatic heterocycles. The molecule has 0 aromatic heterocycles. The zero-order chi connectivity index (χ0) is 12.7. The van der Waals surface area contributed by atoms with Gasteiger partial charge in [-0.25, -0.2) is 0 Å². The molecule has 92 valence electrons. The average molecular weight is 237 g/mol. The lowest BCUT2D eigenvalue weighted by molar-refractivity contribution is -0.384. The van der Waals surface area contributed by atoms with Gasteiger partial charge in [0.05, 0.1) is 4.92 Å². The average Bonchev–Trinajstić information content (AvgIpc) is 2.29. The standard InChI is InChI=1S/C11H15N3O3/c1-9(15)13-7-6-12-8-10-2-4-11(5-3-10)14(16)17/h2-5,12H,6-8H2,1H3,(H,13,15). The number of non-ortho nitro benzene ring substituents is 1. The fourth-order valence-electron chi connectivity index (χ4n) is 1.30. The quantitative estimate of drug-likeness (QED) is 0.436. The number of nitrogens with one attached hydrogen (secondary N) is 2. The van der Waals surface area contributed by atoms with Crippen molar-refractivity contribution in [2.45, 2.75) is 13.5 Å². The summed E-state index contributed by atoms with van der Waals surface area (Å²) in [5, 5.41) is 16.2. The summed E-state index contributed by atoms with van der Waals surface area (Å²) in [5.41, 5.74) is 1.06. The molecule has 17 heavy (non-hydrogen) atoms. The maximum atomic E-state index is 10.6. The van der Waals surface area contributed by atoms with Crippen molar-refractivity contribution in [2.24, 2.45) is 0 Å². The topological polar surface area (TPSA) is 84.3 Å². The number of nitro groups is 1. The Balaban J connectivity index is 2.27. The maximum absolute atomic E-state index is 10.6. The summed E-state index contributed by atoms with van der Waals surface area (Å²) in [6.07, 6.45) is 0. The molecule has 0 saturated heterocycles. The molecule has 0 aliphatic rings. The van der Waals surface area contributed by atoms with Crippen LogP contribution in [0.4, 0.5) is 5.69 Å². The lowest BCUT2D eigenvalue weighted by Crippen LogP contribution is -2.29. The Morgan fingerprint density at radius 3 is 2.47 bits per heavy atom. The zero-order valence-corrected chi connectivity index (χ0v) is 9.60. The third-order valence-corrected chi connectivity index (χ3v) is 2.15. The molecule has 1 aromatic rings. The van der Waals surface area contributed by atoms with E-state index in [0.29, 0.717) is 19.6 Å². The molecule has 1 amide bonds. The van der Waals surface area contributed by atoms with Crippen LogP contribution >= 0.6 is 0 Å². The van der Waals surface area contributed by atoms with Gasteiger partial charge in [-0.05, 0) is 5.56 Å². The fraction of sp³-hybridized carbons (Fsp3) is 0.364. The highest BCUT2D eigenvalue weighted by Gasteiger charge is 2.03. The van der Waals surface area contributed by atoms with Gasteiger partial charge in [0.2, 0.25) is 5.91 Å². The van der Waals surface area contributed by atoms with Gasteiger partial charge in [-0.15, -0.1) is 0 Å². The Kier molecular flexibility index (Phi) is 5.09. The van der Waals surface area contributed by atoms with Crippen molar-refractivity contribution >= 4 is 11.6 Å². The van der Waals surface area contributed by atoms with Gasteiger partial charge < -0.3 is 10.6 Å². The number of carbonyl (C=O) groups excluding carboxylic acids is 1. The molecule has 1 rings (SSSR count). The Morgan fingerprint density at radius 1 is 1.29 bits per heavy atom. The number of hydrogen-bond acceptors (Lipinski definition) is 4. The maximum Gasteiger partial charge on any atom is 0.269 e. The van der Waals surface area contributed by atoms with Crippen LogP contribution in [0.25, 0.3) is 0 Å². The summed E-state index contributed by atoms with van der Waals surface area (Å²) in [6, 6.07) is 6.38. The first-order chi connectivity index (χ1) is 8.09. The number of nitro benzene ring substituents is 1. The second-order valence-electron chi connectivity index (χ2n) is 3.58. The molecule has 0 bridgehead atoms. The van der Waals surface area contributed by atoms with Gasteiger partial charge in [0.1, 0.15) is 0 Å². The van der Waals surface area contributed by atoms with Gasteiger partial charge in [-0.3, -0.25) is 14.9 Å². The van der Waals surface area contributed by atoms with E-state index in [2.05, 4.69) is 10.6 Å². The molecule has 2 N–H and O–H groups in total. The van der Waals surface area contributed by atoms with E-state index in [-0.39, 0.29) is 11.6 Å². The van der Waals surface area contributed by atoms with E-state index in [1.807, 2.05) is 0 Å². The molecule has 6 heteroatoms. The number of carbonyl (C=O) groups is 1. The molecule has 0 spiro atoms. The largest absolute Gasteiger partial charge is 0.355 e. The summed E-state index contributed by atoms with van der Waals surface area (Å²) in [7, 11) is 0. The molecule has 1 aromatic carbocycles. The Labute approximate surface area is 99.2 Å². The van der Waals surface area contributed by atoms with Crippen LogP contribution in [0.5, 0.6) is 0 Å². The first-order valence-corrected chi connectivity index (χ1v) is 5.28. The van der Waals surface area contributed by atoms with Gasteiger partial charge in [-0.1, -0.05) is 12.1 Å². The highest BCUT2D eigenvalue weighted by molar-refractivity contribution is 5.72. The molecule has 6 nitrogen and oxygen atoms in total. The molecular weight excluding hydrogens is 222 g/mol. The Hall–Kier alpha value is -1.95. The molecule has 0 heterocycles.